The van der Waals surface area contributed by atoms with Gasteiger partial charge >= 0.3 is 0 Å². The molecule has 0 unspecified atom stereocenters. The maximum absolute atomic E-state index is 12.2. The summed E-state index contributed by atoms with van der Waals surface area (Å²) in [6.07, 6.45) is 3.86. The molecule has 2 rings (SSSR count). The van der Waals surface area contributed by atoms with Gasteiger partial charge in [-0.3, -0.25) is 19.5 Å². The molecule has 2 heterocycles. The molecule has 1 aromatic rings. The molecule has 21 heavy (non-hydrogen) atoms. The monoisotopic (exact) mass is 290 g/mol. The van der Waals surface area contributed by atoms with Crippen molar-refractivity contribution in [2.24, 2.45) is 0 Å². The third-order valence-electron chi connectivity index (χ3n) is 3.61. The number of carbonyl (C=O) groups excluding carboxylic acids is 2. The summed E-state index contributed by atoms with van der Waals surface area (Å²) in [6.45, 7) is 6.24. The Morgan fingerprint density at radius 3 is 2.67 bits per heavy atom. The zero-order valence-corrected chi connectivity index (χ0v) is 12.4. The van der Waals surface area contributed by atoms with Gasteiger partial charge in [0.2, 0.25) is 11.8 Å². The number of piperazine rings is 1. The first-order valence-electron chi connectivity index (χ1n) is 7.28. The summed E-state index contributed by atoms with van der Waals surface area (Å²) in [4.78, 5) is 31.2. The first-order valence-corrected chi connectivity index (χ1v) is 7.28. The second-order valence-electron chi connectivity index (χ2n) is 5.24. The molecular weight excluding hydrogens is 268 g/mol. The summed E-state index contributed by atoms with van der Waals surface area (Å²) in [7, 11) is 0. The lowest BCUT2D eigenvalue weighted by molar-refractivity contribution is -0.132. The van der Waals surface area contributed by atoms with Crippen molar-refractivity contribution in [1.82, 2.24) is 20.1 Å². The SMILES string of the molecule is CC(=O)NCCN1CCN(C(=O)Cc2cccnc2)CC1. The highest BCUT2D eigenvalue weighted by Gasteiger charge is 2.20. The average Bonchev–Trinajstić information content (AvgIpc) is 2.48. The number of carbonyl (C=O) groups is 2. The van der Waals surface area contributed by atoms with Gasteiger partial charge in [0.25, 0.3) is 0 Å². The Bertz CT molecular complexity index is 470. The maximum atomic E-state index is 12.2. The Morgan fingerprint density at radius 1 is 1.29 bits per heavy atom. The normalized spacial score (nSPS) is 15.8. The lowest BCUT2D eigenvalue weighted by atomic mass is 10.2. The van der Waals surface area contributed by atoms with Gasteiger partial charge in [0, 0.05) is 58.6 Å². The zero-order chi connectivity index (χ0) is 15.1. The van der Waals surface area contributed by atoms with Gasteiger partial charge < -0.3 is 10.2 Å². The largest absolute Gasteiger partial charge is 0.355 e. The van der Waals surface area contributed by atoms with Crippen molar-refractivity contribution < 1.29 is 9.59 Å². The van der Waals surface area contributed by atoms with E-state index in [2.05, 4.69) is 15.2 Å². The number of nitrogens with zero attached hydrogens (tertiary/aromatic N) is 3. The van der Waals surface area contributed by atoms with Gasteiger partial charge in [-0.05, 0) is 11.6 Å². The summed E-state index contributed by atoms with van der Waals surface area (Å²) in [5.74, 6) is 0.157. The number of hydrogen-bond donors (Lipinski definition) is 1. The van der Waals surface area contributed by atoms with E-state index in [4.69, 9.17) is 0 Å². The Morgan fingerprint density at radius 2 is 2.05 bits per heavy atom. The van der Waals surface area contributed by atoms with Crippen LogP contribution in [0.25, 0.3) is 0 Å². The minimum atomic E-state index is 0.000263. The molecule has 0 aromatic carbocycles. The van der Waals surface area contributed by atoms with Crippen LogP contribution in [0.4, 0.5) is 0 Å². The van der Waals surface area contributed by atoms with E-state index in [1.165, 1.54) is 6.92 Å². The van der Waals surface area contributed by atoms with Gasteiger partial charge in [-0.2, -0.15) is 0 Å². The molecule has 0 radical (unpaired) electrons. The van der Waals surface area contributed by atoms with Gasteiger partial charge in [-0.15, -0.1) is 0 Å². The van der Waals surface area contributed by atoms with Gasteiger partial charge in [-0.1, -0.05) is 6.07 Å². The summed E-state index contributed by atoms with van der Waals surface area (Å²) in [5, 5.41) is 2.79. The van der Waals surface area contributed by atoms with Crippen LogP contribution in [0.15, 0.2) is 24.5 Å². The van der Waals surface area contributed by atoms with Crippen LogP contribution in [0.5, 0.6) is 0 Å². The number of nitrogens with one attached hydrogen (secondary N) is 1. The molecule has 0 bridgehead atoms. The molecule has 1 fully saturated rings. The minimum absolute atomic E-state index is 0.000263. The molecule has 1 aromatic heterocycles. The van der Waals surface area contributed by atoms with Crippen molar-refractivity contribution in [2.75, 3.05) is 39.3 Å². The Hall–Kier alpha value is -1.95. The smallest absolute Gasteiger partial charge is 0.227 e. The van der Waals surface area contributed by atoms with E-state index in [1.54, 1.807) is 12.4 Å². The van der Waals surface area contributed by atoms with Crippen LogP contribution in [0.2, 0.25) is 0 Å². The van der Waals surface area contributed by atoms with E-state index in [0.29, 0.717) is 13.0 Å². The number of pyridine rings is 1. The highest BCUT2D eigenvalue weighted by atomic mass is 16.2. The fraction of sp³-hybridized carbons (Fsp3) is 0.533. The maximum Gasteiger partial charge on any atom is 0.227 e. The van der Waals surface area contributed by atoms with Crippen molar-refractivity contribution in [1.29, 1.82) is 0 Å². The first-order chi connectivity index (χ1) is 10.1. The molecule has 1 aliphatic heterocycles. The molecule has 0 aliphatic carbocycles. The van der Waals surface area contributed by atoms with E-state index in [1.807, 2.05) is 17.0 Å². The number of rotatable bonds is 5. The van der Waals surface area contributed by atoms with Crippen molar-refractivity contribution in [3.05, 3.63) is 30.1 Å². The van der Waals surface area contributed by atoms with Crippen LogP contribution >= 0.6 is 0 Å². The molecule has 1 aliphatic rings. The summed E-state index contributed by atoms with van der Waals surface area (Å²) < 4.78 is 0. The van der Waals surface area contributed by atoms with Gasteiger partial charge in [0.1, 0.15) is 0 Å². The summed E-state index contributed by atoms with van der Waals surface area (Å²) in [6, 6.07) is 3.77. The van der Waals surface area contributed by atoms with E-state index >= 15 is 0 Å². The highest BCUT2D eigenvalue weighted by molar-refractivity contribution is 5.78. The van der Waals surface area contributed by atoms with Crippen molar-refractivity contribution in [2.45, 2.75) is 13.3 Å². The molecule has 1 saturated heterocycles. The quantitative estimate of drug-likeness (QED) is 0.823. The predicted molar refractivity (Wildman–Crippen MR) is 79.6 cm³/mol. The van der Waals surface area contributed by atoms with Crippen LogP contribution < -0.4 is 5.32 Å². The van der Waals surface area contributed by atoms with Crippen molar-refractivity contribution in [3.8, 4) is 0 Å². The van der Waals surface area contributed by atoms with E-state index < -0.39 is 0 Å². The molecule has 6 heteroatoms. The lowest BCUT2D eigenvalue weighted by Crippen LogP contribution is -2.50. The van der Waals surface area contributed by atoms with Crippen LogP contribution in [0.3, 0.4) is 0 Å². The summed E-state index contributed by atoms with van der Waals surface area (Å²) >= 11 is 0. The molecule has 0 atom stereocenters. The van der Waals surface area contributed by atoms with Gasteiger partial charge in [0.15, 0.2) is 0 Å². The second-order valence-corrected chi connectivity index (χ2v) is 5.24. The van der Waals surface area contributed by atoms with Crippen LogP contribution in [-0.4, -0.2) is 65.9 Å². The average molecular weight is 290 g/mol. The summed E-state index contributed by atoms with van der Waals surface area (Å²) in [5.41, 5.74) is 0.954. The number of amides is 2. The van der Waals surface area contributed by atoms with Crippen molar-refractivity contribution in [3.63, 3.8) is 0 Å². The molecule has 0 spiro atoms. The van der Waals surface area contributed by atoms with Crippen LogP contribution in [-0.2, 0) is 16.0 Å². The zero-order valence-electron chi connectivity index (χ0n) is 12.4. The van der Waals surface area contributed by atoms with E-state index in [0.717, 1.165) is 38.3 Å². The third-order valence-corrected chi connectivity index (χ3v) is 3.61. The fourth-order valence-corrected chi connectivity index (χ4v) is 2.40. The third kappa shape index (κ3) is 5.15. The number of hydrogen-bond acceptors (Lipinski definition) is 4. The molecule has 2 amide bonds. The Balaban J connectivity index is 1.71. The molecular formula is C15H22N4O2. The lowest BCUT2D eigenvalue weighted by Gasteiger charge is -2.34. The standard InChI is InChI=1S/C15H22N4O2/c1-13(20)17-5-6-18-7-9-19(10-8-18)15(21)11-14-3-2-4-16-12-14/h2-4,12H,5-11H2,1H3,(H,17,20). The molecule has 0 saturated carbocycles. The van der Waals surface area contributed by atoms with Crippen LogP contribution in [0, 0.1) is 0 Å². The van der Waals surface area contributed by atoms with E-state index in [9.17, 15) is 9.59 Å². The highest BCUT2D eigenvalue weighted by Crippen LogP contribution is 2.05. The fourth-order valence-electron chi connectivity index (χ4n) is 2.40. The van der Waals surface area contributed by atoms with E-state index in [-0.39, 0.29) is 11.8 Å². The second kappa shape index (κ2) is 7.73. The van der Waals surface area contributed by atoms with Gasteiger partial charge in [0.05, 0.1) is 6.42 Å². The molecule has 6 nitrogen and oxygen atoms in total. The minimum Gasteiger partial charge on any atom is -0.355 e. The number of aromatic nitrogens is 1. The van der Waals surface area contributed by atoms with Gasteiger partial charge in [-0.25, -0.2) is 0 Å². The topological polar surface area (TPSA) is 65.5 Å². The van der Waals surface area contributed by atoms with Crippen LogP contribution in [0.1, 0.15) is 12.5 Å². The Labute approximate surface area is 125 Å². The molecule has 1 N–H and O–H groups in total. The predicted octanol–water partition coefficient (Wildman–Crippen LogP) is -0.0956. The first kappa shape index (κ1) is 15.4. The Kier molecular flexibility index (Phi) is 5.68. The van der Waals surface area contributed by atoms with Crippen molar-refractivity contribution >= 4 is 11.8 Å². The molecule has 114 valence electrons.